The van der Waals surface area contributed by atoms with E-state index >= 15 is 0 Å². The standard InChI is InChI=1S/C9H11Cl2NO3S/c1-7(6-16(11,13)14)5-15-9-2-8(10)3-12-4-9/h2-4,7H,5-6H2,1H3. The fourth-order valence-corrected chi connectivity index (χ4v) is 2.68. The van der Waals surface area contributed by atoms with E-state index in [9.17, 15) is 8.42 Å². The van der Waals surface area contributed by atoms with Crippen LogP contribution >= 0.6 is 22.3 Å². The second-order valence-corrected chi connectivity index (χ2v) is 6.72. The Morgan fingerprint density at radius 1 is 1.50 bits per heavy atom. The minimum absolute atomic E-state index is 0.122. The molecule has 0 aliphatic carbocycles. The first-order valence-electron chi connectivity index (χ1n) is 4.52. The summed E-state index contributed by atoms with van der Waals surface area (Å²) in [5.41, 5.74) is 0. The van der Waals surface area contributed by atoms with Gasteiger partial charge in [-0.3, -0.25) is 4.98 Å². The molecule has 1 heterocycles. The van der Waals surface area contributed by atoms with E-state index in [2.05, 4.69) is 4.98 Å². The van der Waals surface area contributed by atoms with Gasteiger partial charge in [0.15, 0.2) is 0 Å². The van der Waals surface area contributed by atoms with Crippen LogP contribution in [-0.4, -0.2) is 25.8 Å². The van der Waals surface area contributed by atoms with Gasteiger partial charge in [-0.05, 0) is 0 Å². The van der Waals surface area contributed by atoms with Crippen molar-refractivity contribution in [2.24, 2.45) is 5.92 Å². The predicted octanol–water partition coefficient (Wildman–Crippen LogP) is 2.32. The summed E-state index contributed by atoms with van der Waals surface area (Å²) in [4.78, 5) is 3.84. The Kier molecular flexibility index (Phi) is 4.83. The van der Waals surface area contributed by atoms with Crippen LogP contribution in [0.25, 0.3) is 0 Å². The second-order valence-electron chi connectivity index (χ2n) is 3.46. The van der Waals surface area contributed by atoms with E-state index in [4.69, 9.17) is 27.0 Å². The number of hydrogen-bond acceptors (Lipinski definition) is 4. The van der Waals surface area contributed by atoms with Crippen LogP contribution in [0.1, 0.15) is 6.92 Å². The van der Waals surface area contributed by atoms with Crippen LogP contribution in [0.5, 0.6) is 5.75 Å². The van der Waals surface area contributed by atoms with Crippen molar-refractivity contribution in [1.82, 2.24) is 4.98 Å². The highest BCUT2D eigenvalue weighted by molar-refractivity contribution is 8.13. The van der Waals surface area contributed by atoms with Gasteiger partial charge in [0.1, 0.15) is 5.75 Å². The van der Waals surface area contributed by atoms with Crippen LogP contribution in [0, 0.1) is 5.92 Å². The molecule has 1 aromatic rings. The Labute approximate surface area is 104 Å². The first kappa shape index (κ1) is 13.5. The van der Waals surface area contributed by atoms with Gasteiger partial charge >= 0.3 is 0 Å². The number of nitrogens with zero attached hydrogens (tertiary/aromatic N) is 1. The summed E-state index contributed by atoms with van der Waals surface area (Å²) < 4.78 is 26.9. The zero-order chi connectivity index (χ0) is 12.2. The molecule has 0 fully saturated rings. The molecule has 0 aliphatic heterocycles. The van der Waals surface area contributed by atoms with Crippen LogP contribution < -0.4 is 4.74 Å². The first-order chi connectivity index (χ1) is 7.37. The topological polar surface area (TPSA) is 56.3 Å². The molecule has 7 heteroatoms. The SMILES string of the molecule is CC(COc1cncc(Cl)c1)CS(=O)(=O)Cl. The highest BCUT2D eigenvalue weighted by Crippen LogP contribution is 2.16. The van der Waals surface area contributed by atoms with Gasteiger partial charge in [0, 0.05) is 28.9 Å². The van der Waals surface area contributed by atoms with Crippen molar-refractivity contribution in [1.29, 1.82) is 0 Å². The predicted molar refractivity (Wildman–Crippen MR) is 63.5 cm³/mol. The van der Waals surface area contributed by atoms with Crippen LogP contribution in [0.15, 0.2) is 18.5 Å². The third-order valence-corrected chi connectivity index (χ3v) is 3.25. The number of rotatable bonds is 5. The normalized spacial score (nSPS) is 13.4. The summed E-state index contributed by atoms with van der Waals surface area (Å²) in [5, 5.41) is 0.468. The lowest BCUT2D eigenvalue weighted by atomic mass is 10.2. The zero-order valence-corrected chi connectivity index (χ0v) is 10.9. The molecule has 4 nitrogen and oxygen atoms in total. The molecule has 1 unspecified atom stereocenters. The molecule has 0 spiro atoms. The van der Waals surface area contributed by atoms with Crippen LogP contribution in [0.2, 0.25) is 5.02 Å². The van der Waals surface area contributed by atoms with Crippen molar-refractivity contribution in [2.75, 3.05) is 12.4 Å². The van der Waals surface area contributed by atoms with Gasteiger partial charge in [-0.2, -0.15) is 0 Å². The summed E-state index contributed by atoms with van der Waals surface area (Å²) in [6.07, 6.45) is 2.99. The van der Waals surface area contributed by atoms with E-state index in [0.29, 0.717) is 10.8 Å². The number of pyridine rings is 1. The van der Waals surface area contributed by atoms with E-state index in [-0.39, 0.29) is 18.3 Å². The Morgan fingerprint density at radius 3 is 2.75 bits per heavy atom. The number of aromatic nitrogens is 1. The van der Waals surface area contributed by atoms with Gasteiger partial charge in [0.2, 0.25) is 9.05 Å². The molecule has 1 atom stereocenters. The summed E-state index contributed by atoms with van der Waals surface area (Å²) in [6, 6.07) is 1.61. The second kappa shape index (κ2) is 5.70. The molecule has 0 aromatic carbocycles. The Hall–Kier alpha value is -0.520. The van der Waals surface area contributed by atoms with Gasteiger partial charge in [-0.1, -0.05) is 18.5 Å². The lowest BCUT2D eigenvalue weighted by molar-refractivity contribution is 0.271. The van der Waals surface area contributed by atoms with E-state index in [0.717, 1.165) is 0 Å². The third kappa shape index (κ3) is 5.53. The van der Waals surface area contributed by atoms with E-state index in [1.807, 2.05) is 0 Å². The molecular formula is C9H11Cl2NO3S. The minimum Gasteiger partial charge on any atom is -0.492 e. The quantitative estimate of drug-likeness (QED) is 0.779. The maximum absolute atomic E-state index is 10.8. The summed E-state index contributed by atoms with van der Waals surface area (Å²) in [5.74, 6) is 0.190. The number of halogens is 2. The van der Waals surface area contributed by atoms with E-state index < -0.39 is 9.05 Å². The van der Waals surface area contributed by atoms with Crippen LogP contribution in [0.3, 0.4) is 0 Å². The molecule has 1 aromatic heterocycles. The number of hydrogen-bond donors (Lipinski definition) is 0. The fraction of sp³-hybridized carbons (Fsp3) is 0.444. The van der Waals surface area contributed by atoms with Gasteiger partial charge in [-0.15, -0.1) is 0 Å². The Bertz CT molecular complexity index is 450. The smallest absolute Gasteiger partial charge is 0.232 e. The fourth-order valence-electron chi connectivity index (χ4n) is 1.10. The van der Waals surface area contributed by atoms with Gasteiger partial charge < -0.3 is 4.74 Å². The van der Waals surface area contributed by atoms with Crippen LogP contribution in [-0.2, 0) is 9.05 Å². The van der Waals surface area contributed by atoms with Crippen molar-refractivity contribution in [2.45, 2.75) is 6.92 Å². The molecule has 0 bridgehead atoms. The third-order valence-electron chi connectivity index (χ3n) is 1.70. The molecule has 16 heavy (non-hydrogen) atoms. The average molecular weight is 284 g/mol. The van der Waals surface area contributed by atoms with Crippen molar-refractivity contribution in [3.05, 3.63) is 23.5 Å². The Morgan fingerprint density at radius 2 is 2.19 bits per heavy atom. The lowest BCUT2D eigenvalue weighted by Crippen LogP contribution is -2.16. The zero-order valence-electron chi connectivity index (χ0n) is 8.56. The molecule has 0 aliphatic rings. The average Bonchev–Trinajstić information content (AvgIpc) is 2.12. The summed E-state index contributed by atoms with van der Waals surface area (Å²) in [6.45, 7) is 1.98. The van der Waals surface area contributed by atoms with Crippen molar-refractivity contribution >= 4 is 31.3 Å². The van der Waals surface area contributed by atoms with Crippen molar-refractivity contribution in [3.63, 3.8) is 0 Å². The van der Waals surface area contributed by atoms with Crippen molar-refractivity contribution < 1.29 is 13.2 Å². The van der Waals surface area contributed by atoms with Gasteiger partial charge in [0.05, 0.1) is 23.6 Å². The maximum Gasteiger partial charge on any atom is 0.232 e. The summed E-state index contributed by atoms with van der Waals surface area (Å²) in [7, 11) is 1.63. The first-order valence-corrected chi connectivity index (χ1v) is 7.38. The van der Waals surface area contributed by atoms with Crippen LogP contribution in [0.4, 0.5) is 0 Å². The molecule has 90 valence electrons. The molecule has 1 rings (SSSR count). The molecule has 0 N–H and O–H groups in total. The molecule has 0 radical (unpaired) electrons. The minimum atomic E-state index is -3.49. The molecule has 0 amide bonds. The van der Waals surface area contributed by atoms with E-state index in [1.54, 1.807) is 13.0 Å². The monoisotopic (exact) mass is 283 g/mol. The van der Waals surface area contributed by atoms with Gasteiger partial charge in [0.25, 0.3) is 0 Å². The summed E-state index contributed by atoms with van der Waals surface area (Å²) >= 11 is 5.71. The van der Waals surface area contributed by atoms with E-state index in [1.165, 1.54) is 12.4 Å². The molecular weight excluding hydrogens is 273 g/mol. The maximum atomic E-state index is 10.8. The highest BCUT2D eigenvalue weighted by atomic mass is 35.7. The Balaban J connectivity index is 2.46. The van der Waals surface area contributed by atoms with Crippen molar-refractivity contribution in [3.8, 4) is 5.75 Å². The highest BCUT2D eigenvalue weighted by Gasteiger charge is 2.13. The molecule has 0 saturated heterocycles. The molecule has 0 saturated carbocycles. The van der Waals surface area contributed by atoms with Gasteiger partial charge in [-0.25, -0.2) is 8.42 Å². The lowest BCUT2D eigenvalue weighted by Gasteiger charge is -2.11. The largest absolute Gasteiger partial charge is 0.492 e. The number of ether oxygens (including phenoxy) is 1.